The molecule has 1 aliphatic carbocycles. The lowest BCUT2D eigenvalue weighted by Crippen LogP contribution is -2.00. The van der Waals surface area contributed by atoms with Gasteiger partial charge < -0.3 is 5.11 Å². The molecule has 1 N–H and O–H groups in total. The number of thiophene rings is 1. The van der Waals surface area contributed by atoms with Crippen molar-refractivity contribution < 1.29 is 5.11 Å². The van der Waals surface area contributed by atoms with Crippen molar-refractivity contribution in [3.05, 3.63) is 20.8 Å². The van der Waals surface area contributed by atoms with Crippen molar-refractivity contribution in [1.82, 2.24) is 0 Å². The van der Waals surface area contributed by atoms with Gasteiger partial charge in [0.2, 0.25) is 0 Å². The third-order valence-electron chi connectivity index (χ3n) is 1.96. The van der Waals surface area contributed by atoms with Gasteiger partial charge >= 0.3 is 0 Å². The minimum Gasteiger partial charge on any atom is -0.384 e. The van der Waals surface area contributed by atoms with Crippen molar-refractivity contribution >= 4 is 22.9 Å². The Morgan fingerprint density at radius 3 is 2.64 bits per heavy atom. The van der Waals surface area contributed by atoms with Crippen LogP contribution in [0.3, 0.4) is 0 Å². The minimum atomic E-state index is -0.560. The summed E-state index contributed by atoms with van der Waals surface area (Å²) in [5.74, 6) is 0. The average molecular weight is 189 g/mol. The van der Waals surface area contributed by atoms with E-state index in [1.165, 1.54) is 4.88 Å². The predicted octanol–water partition coefficient (Wildman–Crippen LogP) is 2.69. The summed E-state index contributed by atoms with van der Waals surface area (Å²) in [6, 6.07) is 1.91. The van der Waals surface area contributed by atoms with E-state index in [0.717, 1.165) is 22.7 Å². The molecule has 0 unspecified atom stereocenters. The summed E-state index contributed by atoms with van der Waals surface area (Å²) in [6.45, 7) is 2.01. The fourth-order valence-corrected chi connectivity index (χ4v) is 2.72. The molecule has 0 saturated heterocycles. The molecule has 0 radical (unpaired) electrons. The molecule has 1 aromatic rings. The van der Waals surface area contributed by atoms with E-state index in [9.17, 15) is 5.11 Å². The molecule has 60 valence electrons. The zero-order chi connectivity index (χ0) is 8.06. The highest BCUT2D eigenvalue weighted by Gasteiger charge is 2.44. The first kappa shape index (κ1) is 7.59. The predicted molar refractivity (Wildman–Crippen MR) is 47.2 cm³/mol. The number of halogens is 1. The highest BCUT2D eigenvalue weighted by Crippen LogP contribution is 2.50. The van der Waals surface area contributed by atoms with Crippen molar-refractivity contribution in [1.29, 1.82) is 0 Å². The smallest absolute Gasteiger partial charge is 0.100 e. The lowest BCUT2D eigenvalue weighted by Gasteiger charge is -2.03. The molecule has 0 amide bonds. The van der Waals surface area contributed by atoms with E-state index in [0.29, 0.717) is 0 Å². The summed E-state index contributed by atoms with van der Waals surface area (Å²) in [5, 5.41) is 10.4. The Hall–Kier alpha value is -0.0500. The van der Waals surface area contributed by atoms with E-state index < -0.39 is 5.60 Å². The van der Waals surface area contributed by atoms with E-state index in [2.05, 4.69) is 0 Å². The Morgan fingerprint density at radius 2 is 2.27 bits per heavy atom. The monoisotopic (exact) mass is 188 g/mol. The molecule has 3 heteroatoms. The van der Waals surface area contributed by atoms with Crippen molar-refractivity contribution in [2.75, 3.05) is 0 Å². The number of rotatable bonds is 1. The van der Waals surface area contributed by atoms with Crippen LogP contribution in [0.2, 0.25) is 5.02 Å². The summed E-state index contributed by atoms with van der Waals surface area (Å²) in [6.07, 6.45) is 1.74. The first-order valence-electron chi connectivity index (χ1n) is 3.61. The van der Waals surface area contributed by atoms with Crippen molar-refractivity contribution in [3.63, 3.8) is 0 Å². The molecular formula is C8H9ClOS. The lowest BCUT2D eigenvalue weighted by atomic mass is 10.3. The third kappa shape index (κ3) is 1.19. The highest BCUT2D eigenvalue weighted by atomic mass is 35.5. The molecule has 0 aliphatic heterocycles. The van der Waals surface area contributed by atoms with Gasteiger partial charge in [-0.15, -0.1) is 11.3 Å². The normalized spacial score (nSPS) is 20.3. The van der Waals surface area contributed by atoms with Crippen molar-refractivity contribution in [2.45, 2.75) is 25.4 Å². The molecule has 0 bridgehead atoms. The topological polar surface area (TPSA) is 20.2 Å². The summed E-state index contributed by atoms with van der Waals surface area (Å²) >= 11 is 7.52. The van der Waals surface area contributed by atoms with Crippen LogP contribution < -0.4 is 0 Å². The van der Waals surface area contributed by atoms with Crippen LogP contribution in [0.1, 0.15) is 22.6 Å². The second-order valence-corrected chi connectivity index (χ2v) is 4.73. The molecule has 0 aromatic carbocycles. The fourth-order valence-electron chi connectivity index (χ4n) is 1.15. The van der Waals surface area contributed by atoms with E-state index >= 15 is 0 Å². The number of aryl methyl sites for hydroxylation is 1. The molecule has 1 aromatic heterocycles. The average Bonchev–Trinajstić information content (AvgIpc) is 2.55. The van der Waals surface area contributed by atoms with Gasteiger partial charge in [-0.1, -0.05) is 11.6 Å². The Labute approximate surface area is 74.6 Å². The number of hydrogen-bond donors (Lipinski definition) is 1. The Bertz CT molecular complexity index is 288. The Morgan fingerprint density at radius 1 is 1.64 bits per heavy atom. The summed E-state index contributed by atoms with van der Waals surface area (Å²) < 4.78 is 0. The van der Waals surface area contributed by atoms with Crippen LogP contribution in [0.25, 0.3) is 0 Å². The van der Waals surface area contributed by atoms with E-state index in [4.69, 9.17) is 11.6 Å². The summed E-state index contributed by atoms with van der Waals surface area (Å²) in [5.41, 5.74) is -0.560. The molecule has 0 spiro atoms. The number of hydrogen-bond acceptors (Lipinski definition) is 2. The first-order chi connectivity index (χ1) is 5.12. The van der Waals surface area contributed by atoms with E-state index in [1.54, 1.807) is 11.3 Å². The molecule has 11 heavy (non-hydrogen) atoms. The molecule has 1 nitrogen and oxygen atoms in total. The van der Waals surface area contributed by atoms with Crippen LogP contribution in [-0.4, -0.2) is 5.11 Å². The summed E-state index contributed by atoms with van der Waals surface area (Å²) in [4.78, 5) is 2.13. The molecule has 1 heterocycles. The second kappa shape index (κ2) is 2.22. The second-order valence-electron chi connectivity index (χ2n) is 3.07. The van der Waals surface area contributed by atoms with Gasteiger partial charge in [-0.3, -0.25) is 0 Å². The zero-order valence-corrected chi connectivity index (χ0v) is 7.80. The third-order valence-corrected chi connectivity index (χ3v) is 3.61. The SMILES string of the molecule is Cc1cc(Cl)c(C2(O)CC2)s1. The van der Waals surface area contributed by atoms with Crippen molar-refractivity contribution in [2.24, 2.45) is 0 Å². The largest absolute Gasteiger partial charge is 0.384 e. The van der Waals surface area contributed by atoms with Gasteiger partial charge in [-0.25, -0.2) is 0 Å². The quantitative estimate of drug-likeness (QED) is 0.719. The highest BCUT2D eigenvalue weighted by molar-refractivity contribution is 7.12. The minimum absolute atomic E-state index is 0.560. The maximum Gasteiger partial charge on any atom is 0.100 e. The Balaban J connectivity index is 2.44. The summed E-state index contributed by atoms with van der Waals surface area (Å²) in [7, 11) is 0. The zero-order valence-electron chi connectivity index (χ0n) is 6.22. The maximum absolute atomic E-state index is 9.72. The fraction of sp³-hybridized carbons (Fsp3) is 0.500. The number of aliphatic hydroxyl groups is 1. The van der Waals surface area contributed by atoms with Gasteiger partial charge in [0.1, 0.15) is 5.60 Å². The Kier molecular flexibility index (Phi) is 1.53. The molecule has 1 aliphatic rings. The van der Waals surface area contributed by atoms with Crippen LogP contribution in [0.4, 0.5) is 0 Å². The van der Waals surface area contributed by atoms with Gasteiger partial charge in [0.15, 0.2) is 0 Å². The van der Waals surface area contributed by atoms with Gasteiger partial charge in [-0.05, 0) is 25.8 Å². The van der Waals surface area contributed by atoms with Gasteiger partial charge in [0.05, 0.1) is 9.90 Å². The van der Waals surface area contributed by atoms with Crippen LogP contribution in [0.5, 0.6) is 0 Å². The molecule has 1 fully saturated rings. The van der Waals surface area contributed by atoms with E-state index in [-0.39, 0.29) is 0 Å². The first-order valence-corrected chi connectivity index (χ1v) is 4.80. The molecule has 0 atom stereocenters. The molecular weight excluding hydrogens is 180 g/mol. The maximum atomic E-state index is 9.72. The molecule has 2 rings (SSSR count). The van der Waals surface area contributed by atoms with Gasteiger partial charge in [0, 0.05) is 4.88 Å². The van der Waals surface area contributed by atoms with Crippen molar-refractivity contribution in [3.8, 4) is 0 Å². The van der Waals surface area contributed by atoms with Crippen LogP contribution in [-0.2, 0) is 5.60 Å². The van der Waals surface area contributed by atoms with Crippen LogP contribution >= 0.6 is 22.9 Å². The van der Waals surface area contributed by atoms with Gasteiger partial charge in [0.25, 0.3) is 0 Å². The van der Waals surface area contributed by atoms with Crippen LogP contribution in [0.15, 0.2) is 6.07 Å². The van der Waals surface area contributed by atoms with Gasteiger partial charge in [-0.2, -0.15) is 0 Å². The van der Waals surface area contributed by atoms with E-state index in [1.807, 2.05) is 13.0 Å². The lowest BCUT2D eigenvalue weighted by molar-refractivity contribution is 0.155. The standard InChI is InChI=1S/C8H9ClOS/c1-5-4-6(9)7(11-5)8(10)2-3-8/h4,10H,2-3H2,1H3. The molecule has 1 saturated carbocycles. The van der Waals surface area contributed by atoms with Crippen LogP contribution in [0, 0.1) is 6.92 Å².